The second-order valence-electron chi connectivity index (χ2n) is 3.55. The number of nitrogens with two attached hydrogens (primary N) is 1. The van der Waals surface area contributed by atoms with Crippen LogP contribution in [0.25, 0.3) is 0 Å². The maximum atomic E-state index is 10.4. The first-order valence-electron chi connectivity index (χ1n) is 4.92. The van der Waals surface area contributed by atoms with E-state index in [1.54, 1.807) is 11.8 Å². The van der Waals surface area contributed by atoms with E-state index in [4.69, 9.17) is 10.8 Å². The smallest absolute Gasteiger partial charge is 0.303 e. The lowest BCUT2D eigenvalue weighted by Crippen LogP contribution is -2.02. The van der Waals surface area contributed by atoms with Crippen LogP contribution in [-0.2, 0) is 4.79 Å². The first kappa shape index (κ1) is 13.4. The van der Waals surface area contributed by atoms with Crippen molar-refractivity contribution >= 4 is 39.3 Å². The molecule has 0 aliphatic heterocycles. The SMILES string of the molecule is CC(CCC(=O)O)Sc1ccc(N)cc1Br. The molecule has 0 heterocycles. The number of rotatable bonds is 5. The van der Waals surface area contributed by atoms with Gasteiger partial charge in [-0.15, -0.1) is 11.8 Å². The molecule has 0 fully saturated rings. The second kappa shape index (κ2) is 6.15. The van der Waals surface area contributed by atoms with E-state index >= 15 is 0 Å². The van der Waals surface area contributed by atoms with Gasteiger partial charge < -0.3 is 10.8 Å². The number of halogens is 1. The number of hydrogen-bond acceptors (Lipinski definition) is 3. The minimum atomic E-state index is -0.746. The van der Waals surface area contributed by atoms with E-state index in [-0.39, 0.29) is 11.7 Å². The quantitative estimate of drug-likeness (QED) is 0.646. The van der Waals surface area contributed by atoms with Gasteiger partial charge in [-0.3, -0.25) is 4.79 Å². The van der Waals surface area contributed by atoms with E-state index in [1.807, 2.05) is 25.1 Å². The Labute approximate surface area is 108 Å². The van der Waals surface area contributed by atoms with Crippen molar-refractivity contribution in [3.05, 3.63) is 22.7 Å². The van der Waals surface area contributed by atoms with E-state index in [0.717, 1.165) is 15.1 Å². The van der Waals surface area contributed by atoms with Crippen LogP contribution in [0, 0.1) is 0 Å². The zero-order valence-electron chi connectivity index (χ0n) is 8.94. The summed E-state index contributed by atoms with van der Waals surface area (Å²) in [5.41, 5.74) is 6.36. The lowest BCUT2D eigenvalue weighted by Gasteiger charge is -2.11. The minimum absolute atomic E-state index is 0.209. The number of carboxylic acids is 1. The molecule has 0 spiro atoms. The van der Waals surface area contributed by atoms with Crippen molar-refractivity contribution in [3.8, 4) is 0 Å². The summed E-state index contributed by atoms with van der Waals surface area (Å²) in [6, 6.07) is 5.64. The summed E-state index contributed by atoms with van der Waals surface area (Å²) in [6.45, 7) is 2.02. The molecule has 0 aromatic heterocycles. The van der Waals surface area contributed by atoms with Crippen molar-refractivity contribution in [2.45, 2.75) is 29.9 Å². The molecular weight excluding hydrogens is 290 g/mol. The van der Waals surface area contributed by atoms with Crippen LogP contribution in [-0.4, -0.2) is 16.3 Å². The number of benzene rings is 1. The fraction of sp³-hybridized carbons (Fsp3) is 0.364. The Balaban J connectivity index is 2.55. The summed E-state index contributed by atoms with van der Waals surface area (Å²) < 4.78 is 0.958. The molecule has 1 aromatic rings. The molecule has 0 saturated heterocycles. The van der Waals surface area contributed by atoms with Gasteiger partial charge in [0.05, 0.1) is 0 Å². The van der Waals surface area contributed by atoms with Gasteiger partial charge in [-0.1, -0.05) is 6.92 Å². The number of hydrogen-bond donors (Lipinski definition) is 2. The highest BCUT2D eigenvalue weighted by Gasteiger charge is 2.09. The predicted octanol–water partition coefficient (Wildman–Crippen LogP) is 3.38. The maximum absolute atomic E-state index is 10.4. The van der Waals surface area contributed by atoms with Crippen LogP contribution in [0.15, 0.2) is 27.6 Å². The predicted molar refractivity (Wildman–Crippen MR) is 70.7 cm³/mol. The van der Waals surface area contributed by atoms with Crippen LogP contribution in [0.2, 0.25) is 0 Å². The third-order valence-corrected chi connectivity index (χ3v) is 4.22. The number of anilines is 1. The molecule has 0 bridgehead atoms. The molecule has 0 aliphatic rings. The Bertz CT molecular complexity index is 384. The summed E-state index contributed by atoms with van der Waals surface area (Å²) in [7, 11) is 0. The molecule has 0 amide bonds. The third-order valence-electron chi connectivity index (χ3n) is 2.05. The maximum Gasteiger partial charge on any atom is 0.303 e. The summed E-state index contributed by atoms with van der Waals surface area (Å²) in [5.74, 6) is -0.746. The molecule has 3 N–H and O–H groups in total. The summed E-state index contributed by atoms with van der Waals surface area (Å²) in [4.78, 5) is 11.5. The molecule has 0 radical (unpaired) electrons. The van der Waals surface area contributed by atoms with Gasteiger partial charge in [0.2, 0.25) is 0 Å². The van der Waals surface area contributed by atoms with Crippen LogP contribution in [0.3, 0.4) is 0 Å². The highest BCUT2D eigenvalue weighted by atomic mass is 79.9. The monoisotopic (exact) mass is 303 g/mol. The molecule has 3 nitrogen and oxygen atoms in total. The normalized spacial score (nSPS) is 12.4. The minimum Gasteiger partial charge on any atom is -0.481 e. The van der Waals surface area contributed by atoms with Crippen molar-refractivity contribution in [1.29, 1.82) is 0 Å². The zero-order valence-corrected chi connectivity index (χ0v) is 11.3. The molecule has 0 saturated carbocycles. The average Bonchev–Trinajstić information content (AvgIpc) is 2.19. The van der Waals surface area contributed by atoms with Gasteiger partial charge in [0.15, 0.2) is 0 Å². The van der Waals surface area contributed by atoms with Crippen LogP contribution >= 0.6 is 27.7 Å². The second-order valence-corrected chi connectivity index (χ2v) is 5.89. The van der Waals surface area contributed by atoms with Crippen LogP contribution in [0.1, 0.15) is 19.8 Å². The fourth-order valence-corrected chi connectivity index (χ4v) is 2.88. The Morgan fingerprint density at radius 2 is 2.31 bits per heavy atom. The Morgan fingerprint density at radius 3 is 2.88 bits per heavy atom. The largest absolute Gasteiger partial charge is 0.481 e. The Kier molecular flexibility index (Phi) is 5.15. The zero-order chi connectivity index (χ0) is 12.1. The summed E-state index contributed by atoms with van der Waals surface area (Å²) >= 11 is 5.09. The molecule has 5 heteroatoms. The van der Waals surface area contributed by atoms with Crippen LogP contribution in [0.5, 0.6) is 0 Å². The lowest BCUT2D eigenvalue weighted by atomic mass is 10.2. The van der Waals surface area contributed by atoms with Gasteiger partial charge in [0.1, 0.15) is 0 Å². The molecule has 1 unspecified atom stereocenters. The van der Waals surface area contributed by atoms with Gasteiger partial charge >= 0.3 is 5.97 Å². The van der Waals surface area contributed by atoms with Gasteiger partial charge in [0, 0.05) is 26.7 Å². The topological polar surface area (TPSA) is 63.3 Å². The standard InChI is InChI=1S/C11H14BrNO2S/c1-7(2-5-11(14)15)16-10-4-3-8(13)6-9(10)12/h3-4,6-7H,2,5,13H2,1H3,(H,14,15). The van der Waals surface area contributed by atoms with Crippen molar-refractivity contribution in [3.63, 3.8) is 0 Å². The molecule has 1 atom stereocenters. The molecule has 0 aliphatic carbocycles. The fourth-order valence-electron chi connectivity index (χ4n) is 1.22. The number of nitrogen functional groups attached to an aromatic ring is 1. The third kappa shape index (κ3) is 4.45. The number of carbonyl (C=O) groups is 1. The Morgan fingerprint density at radius 1 is 1.62 bits per heavy atom. The summed E-state index contributed by atoms with van der Waals surface area (Å²) in [6.07, 6.45) is 0.873. The van der Waals surface area contributed by atoms with Crippen LogP contribution < -0.4 is 5.73 Å². The lowest BCUT2D eigenvalue weighted by molar-refractivity contribution is -0.137. The number of aliphatic carboxylic acids is 1. The first-order chi connectivity index (χ1) is 7.49. The molecule has 1 rings (SSSR count). The van der Waals surface area contributed by atoms with E-state index in [0.29, 0.717) is 6.42 Å². The van der Waals surface area contributed by atoms with E-state index in [9.17, 15) is 4.79 Å². The molecule has 1 aromatic carbocycles. The van der Waals surface area contributed by atoms with Crippen LogP contribution in [0.4, 0.5) is 5.69 Å². The molecular formula is C11H14BrNO2S. The van der Waals surface area contributed by atoms with Gasteiger partial charge in [-0.2, -0.15) is 0 Å². The van der Waals surface area contributed by atoms with Crippen molar-refractivity contribution in [1.82, 2.24) is 0 Å². The Hall–Kier alpha value is -0.680. The van der Waals surface area contributed by atoms with E-state index in [1.165, 1.54) is 0 Å². The first-order valence-corrected chi connectivity index (χ1v) is 6.60. The number of carboxylic acid groups (broad SMARTS) is 1. The van der Waals surface area contributed by atoms with Crippen molar-refractivity contribution in [2.24, 2.45) is 0 Å². The van der Waals surface area contributed by atoms with E-state index in [2.05, 4.69) is 15.9 Å². The number of thioether (sulfide) groups is 1. The highest BCUT2D eigenvalue weighted by molar-refractivity contribution is 9.10. The average molecular weight is 304 g/mol. The van der Waals surface area contributed by atoms with Gasteiger partial charge in [-0.25, -0.2) is 0 Å². The van der Waals surface area contributed by atoms with Crippen molar-refractivity contribution < 1.29 is 9.90 Å². The molecule has 16 heavy (non-hydrogen) atoms. The van der Waals surface area contributed by atoms with Crippen molar-refractivity contribution in [2.75, 3.05) is 5.73 Å². The van der Waals surface area contributed by atoms with Gasteiger partial charge in [-0.05, 0) is 40.5 Å². The van der Waals surface area contributed by atoms with E-state index < -0.39 is 5.97 Å². The highest BCUT2D eigenvalue weighted by Crippen LogP contribution is 2.33. The molecule has 88 valence electrons. The summed E-state index contributed by atoms with van der Waals surface area (Å²) in [5, 5.41) is 8.86. The van der Waals surface area contributed by atoms with Gasteiger partial charge in [0.25, 0.3) is 0 Å².